The van der Waals surface area contributed by atoms with Crippen LogP contribution < -0.4 is 10.1 Å². The maximum absolute atomic E-state index is 12.4. The Morgan fingerprint density at radius 1 is 1.38 bits per heavy atom. The number of ether oxygens (including phenoxy) is 1. The van der Waals surface area contributed by atoms with Gasteiger partial charge in [-0.3, -0.25) is 4.79 Å². The van der Waals surface area contributed by atoms with Crippen molar-refractivity contribution in [3.63, 3.8) is 0 Å². The molecule has 0 bridgehead atoms. The first-order chi connectivity index (χ1) is 14.0. The van der Waals surface area contributed by atoms with Gasteiger partial charge in [-0.05, 0) is 66.5 Å². The first-order valence-electron chi connectivity index (χ1n) is 9.82. The lowest BCUT2D eigenvalue weighted by Gasteiger charge is -2.23. The van der Waals surface area contributed by atoms with E-state index in [2.05, 4.69) is 25.2 Å². The number of carbonyl (C=O) groups is 1. The van der Waals surface area contributed by atoms with Gasteiger partial charge in [0.05, 0.1) is 16.0 Å². The highest BCUT2D eigenvalue weighted by atomic mass is 32.1. The summed E-state index contributed by atoms with van der Waals surface area (Å²) in [5.41, 5.74) is 3.58. The van der Waals surface area contributed by atoms with E-state index in [9.17, 15) is 10.1 Å². The number of rotatable bonds is 6. The van der Waals surface area contributed by atoms with Gasteiger partial charge in [0.15, 0.2) is 0 Å². The summed E-state index contributed by atoms with van der Waals surface area (Å²) in [4.78, 5) is 12.4. The molecule has 1 aliphatic rings. The van der Waals surface area contributed by atoms with Crippen molar-refractivity contribution in [2.45, 2.75) is 39.5 Å². The molecule has 0 aliphatic heterocycles. The van der Waals surface area contributed by atoms with E-state index >= 15 is 0 Å². The number of nitrogens with zero attached hydrogens (tertiary/aromatic N) is 1. The van der Waals surface area contributed by atoms with Crippen LogP contribution >= 0.6 is 23.6 Å². The molecule has 0 saturated carbocycles. The highest BCUT2D eigenvalue weighted by Crippen LogP contribution is 2.35. The average Bonchev–Trinajstić information content (AvgIpc) is 2.72. The molecule has 29 heavy (non-hydrogen) atoms. The molecular weight excluding hydrogens is 400 g/mol. The standard InChI is InChI=1S/C23H24N2O2S2/c1-3-12-27-17-8-5-16(6-9-17)7-11-21(26)25-22-20(14-24)18-10-4-15(2)13-19(18)23(28)29-22/h5-9,11,15H,3-4,10,12-13H2,1-2H3,(H,25,26)/b11-7+. The Kier molecular flexibility index (Phi) is 7.18. The number of nitrogens with one attached hydrogen (secondary N) is 1. The molecule has 1 unspecified atom stereocenters. The van der Waals surface area contributed by atoms with Crippen LogP contribution in [0.2, 0.25) is 0 Å². The SMILES string of the molecule is CCCOc1ccc(/C=C/C(=O)Nc2sc(=S)c3c(c2C#N)CCC(C)C3)cc1. The predicted octanol–water partition coefficient (Wildman–Crippen LogP) is 5.91. The van der Waals surface area contributed by atoms with Crippen LogP contribution in [0.15, 0.2) is 30.3 Å². The van der Waals surface area contributed by atoms with Crippen molar-refractivity contribution in [3.05, 3.63) is 56.4 Å². The number of fused-ring (bicyclic) bond motifs is 1. The molecule has 1 N–H and O–H groups in total. The van der Waals surface area contributed by atoms with E-state index in [-0.39, 0.29) is 5.91 Å². The summed E-state index contributed by atoms with van der Waals surface area (Å²) in [6, 6.07) is 9.86. The van der Waals surface area contributed by atoms with Gasteiger partial charge in [0, 0.05) is 6.08 Å². The molecule has 6 heteroatoms. The molecule has 1 aliphatic carbocycles. The maximum Gasteiger partial charge on any atom is 0.249 e. The fraction of sp³-hybridized carbons (Fsp3) is 0.348. The minimum atomic E-state index is -0.275. The summed E-state index contributed by atoms with van der Waals surface area (Å²) in [5.74, 6) is 1.11. The monoisotopic (exact) mass is 424 g/mol. The van der Waals surface area contributed by atoms with Gasteiger partial charge < -0.3 is 10.1 Å². The second-order valence-electron chi connectivity index (χ2n) is 7.25. The number of anilines is 1. The van der Waals surface area contributed by atoms with E-state index in [1.165, 1.54) is 17.4 Å². The predicted molar refractivity (Wildman–Crippen MR) is 121 cm³/mol. The van der Waals surface area contributed by atoms with Gasteiger partial charge in [-0.25, -0.2) is 0 Å². The number of hydrogen-bond acceptors (Lipinski definition) is 5. The lowest BCUT2D eigenvalue weighted by atomic mass is 9.85. The average molecular weight is 425 g/mol. The number of nitriles is 1. The molecule has 150 valence electrons. The number of carbonyl (C=O) groups excluding carboxylic acids is 1. The van der Waals surface area contributed by atoms with Gasteiger partial charge in [0.1, 0.15) is 16.8 Å². The Hall–Kier alpha value is -2.49. The van der Waals surface area contributed by atoms with Crippen LogP contribution in [0.3, 0.4) is 0 Å². The lowest BCUT2D eigenvalue weighted by Crippen LogP contribution is -2.15. The van der Waals surface area contributed by atoms with Crippen LogP contribution in [0.25, 0.3) is 6.08 Å². The maximum atomic E-state index is 12.4. The molecule has 4 nitrogen and oxygen atoms in total. The van der Waals surface area contributed by atoms with Crippen LogP contribution in [0.1, 0.15) is 48.9 Å². The Balaban J connectivity index is 1.74. The third kappa shape index (κ3) is 5.31. The molecule has 1 aromatic heterocycles. The molecule has 1 atom stereocenters. The second-order valence-corrected chi connectivity index (χ2v) is 8.94. The van der Waals surface area contributed by atoms with E-state index < -0.39 is 0 Å². The molecule has 0 saturated heterocycles. The van der Waals surface area contributed by atoms with Crippen molar-refractivity contribution in [3.8, 4) is 11.8 Å². The summed E-state index contributed by atoms with van der Waals surface area (Å²) < 4.78 is 6.33. The fourth-order valence-corrected chi connectivity index (χ4v) is 4.76. The van der Waals surface area contributed by atoms with Gasteiger partial charge in [0.25, 0.3) is 0 Å². The summed E-state index contributed by atoms with van der Waals surface area (Å²) in [6.07, 6.45) is 6.95. The normalized spacial score (nSPS) is 15.6. The molecule has 2 aromatic rings. The van der Waals surface area contributed by atoms with Crippen molar-refractivity contribution in [1.82, 2.24) is 0 Å². The zero-order valence-corrected chi connectivity index (χ0v) is 18.3. The summed E-state index contributed by atoms with van der Waals surface area (Å²) in [6.45, 7) is 4.95. The Morgan fingerprint density at radius 3 is 2.83 bits per heavy atom. The van der Waals surface area contributed by atoms with E-state index in [4.69, 9.17) is 17.0 Å². The zero-order valence-electron chi connectivity index (χ0n) is 16.7. The molecule has 0 spiro atoms. The minimum Gasteiger partial charge on any atom is -0.494 e. The van der Waals surface area contributed by atoms with Crippen molar-refractivity contribution < 1.29 is 9.53 Å². The van der Waals surface area contributed by atoms with Gasteiger partial charge in [-0.15, -0.1) is 11.3 Å². The molecule has 1 heterocycles. The van der Waals surface area contributed by atoms with Crippen LogP contribution in [0.5, 0.6) is 5.75 Å². The topological polar surface area (TPSA) is 62.1 Å². The number of hydrogen-bond donors (Lipinski definition) is 1. The van der Waals surface area contributed by atoms with Gasteiger partial charge in [-0.1, -0.05) is 38.2 Å². The van der Waals surface area contributed by atoms with Crippen molar-refractivity contribution in [1.29, 1.82) is 5.26 Å². The first-order valence-corrected chi connectivity index (χ1v) is 11.0. The molecule has 3 rings (SSSR count). The van der Waals surface area contributed by atoms with E-state index in [1.54, 1.807) is 6.08 Å². The fourth-order valence-electron chi connectivity index (χ4n) is 3.37. The van der Waals surface area contributed by atoms with E-state index in [0.717, 1.165) is 51.9 Å². The van der Waals surface area contributed by atoms with Crippen LogP contribution in [0, 0.1) is 21.1 Å². The van der Waals surface area contributed by atoms with E-state index in [1.807, 2.05) is 24.3 Å². The smallest absolute Gasteiger partial charge is 0.249 e. The molecular formula is C23H24N2O2S2. The molecule has 1 aromatic carbocycles. The summed E-state index contributed by atoms with van der Waals surface area (Å²) >= 11 is 6.87. The van der Waals surface area contributed by atoms with Gasteiger partial charge in [-0.2, -0.15) is 5.26 Å². The second kappa shape index (κ2) is 9.82. The highest BCUT2D eigenvalue weighted by Gasteiger charge is 2.23. The Morgan fingerprint density at radius 2 is 2.14 bits per heavy atom. The van der Waals surface area contributed by atoms with Crippen LogP contribution in [-0.4, -0.2) is 12.5 Å². The third-order valence-corrected chi connectivity index (χ3v) is 6.34. The lowest BCUT2D eigenvalue weighted by molar-refractivity contribution is -0.111. The highest BCUT2D eigenvalue weighted by molar-refractivity contribution is 7.73. The van der Waals surface area contributed by atoms with Gasteiger partial charge >= 0.3 is 0 Å². The van der Waals surface area contributed by atoms with Gasteiger partial charge in [0.2, 0.25) is 5.91 Å². The molecule has 0 radical (unpaired) electrons. The minimum absolute atomic E-state index is 0.275. The summed E-state index contributed by atoms with van der Waals surface area (Å²) in [7, 11) is 0. The molecule has 1 amide bonds. The zero-order chi connectivity index (χ0) is 20.8. The third-order valence-electron chi connectivity index (χ3n) is 4.90. The van der Waals surface area contributed by atoms with Crippen molar-refractivity contribution in [2.75, 3.05) is 11.9 Å². The summed E-state index contributed by atoms with van der Waals surface area (Å²) in [5, 5.41) is 13.1. The molecule has 0 fully saturated rings. The quantitative estimate of drug-likeness (QED) is 0.462. The van der Waals surface area contributed by atoms with Crippen LogP contribution in [-0.2, 0) is 17.6 Å². The Bertz CT molecular complexity index is 1020. The first kappa shape index (κ1) is 21.2. The van der Waals surface area contributed by atoms with E-state index in [0.29, 0.717) is 23.1 Å². The largest absolute Gasteiger partial charge is 0.494 e. The number of benzene rings is 1. The van der Waals surface area contributed by atoms with Crippen LogP contribution in [0.4, 0.5) is 5.00 Å². The van der Waals surface area contributed by atoms with Crippen molar-refractivity contribution >= 4 is 40.5 Å². The number of amides is 1. The Labute approximate surface area is 180 Å². The van der Waals surface area contributed by atoms with Crippen molar-refractivity contribution in [2.24, 2.45) is 5.92 Å².